The van der Waals surface area contributed by atoms with E-state index in [4.69, 9.17) is 66.3 Å². The summed E-state index contributed by atoms with van der Waals surface area (Å²) in [4.78, 5) is 143. The highest BCUT2D eigenvalue weighted by Gasteiger charge is 2.27. The van der Waals surface area contributed by atoms with Crippen LogP contribution in [-0.4, -0.2) is 141 Å². The third-order valence-corrected chi connectivity index (χ3v) is 16.1. The second-order valence-corrected chi connectivity index (χ2v) is 27.7. The predicted octanol–water partition coefficient (Wildman–Crippen LogP) is 14.8. The number of esters is 4. The van der Waals surface area contributed by atoms with Gasteiger partial charge in [0.1, 0.15) is 108 Å². The third-order valence-electron chi connectivity index (χ3n) is 16.1. The van der Waals surface area contributed by atoms with E-state index in [2.05, 4.69) is 82.0 Å². The molecule has 8 aromatic carbocycles. The van der Waals surface area contributed by atoms with Crippen LogP contribution in [0.2, 0.25) is 0 Å². The summed E-state index contributed by atoms with van der Waals surface area (Å²) in [5.74, 6) is -0.749. The number of aliphatic hydroxyl groups excluding tert-OH is 2. The average molecular weight is 1780 g/mol. The van der Waals surface area contributed by atoms with E-state index in [9.17, 15) is 67.7 Å². The summed E-state index contributed by atoms with van der Waals surface area (Å²) in [6.07, 6.45) is -6.87. The number of amides is 8. The minimum Gasteiger partial charge on any atom is -0.491 e. The van der Waals surface area contributed by atoms with Crippen molar-refractivity contribution in [1.29, 1.82) is 0 Å². The molecule has 2 unspecified atom stereocenters. The number of nitrogens with one attached hydrogen (secondary N) is 8. The van der Waals surface area contributed by atoms with Gasteiger partial charge in [-0.1, -0.05) is 138 Å². The number of carbonyl (C=O) groups is 12. The minimum atomic E-state index is -1.09. The minimum absolute atomic E-state index is 0. The molecule has 684 valence electrons. The Balaban J connectivity index is 0.000000416. The van der Waals surface area contributed by atoms with E-state index < -0.39 is 95.9 Å². The van der Waals surface area contributed by atoms with Crippen molar-refractivity contribution >= 4 is 83.8 Å². The summed E-state index contributed by atoms with van der Waals surface area (Å²) in [5.41, 5.74) is 4.35. The van der Waals surface area contributed by atoms with Gasteiger partial charge < -0.3 is 119 Å². The zero-order chi connectivity index (χ0) is 93.2. The Morgan fingerprint density at radius 2 is 0.535 bits per heavy atom. The number of aliphatic hydroxyl groups is 2. The van der Waals surface area contributed by atoms with E-state index in [1.807, 2.05) is 90.1 Å². The first-order valence-electron chi connectivity index (χ1n) is 38.2. The van der Waals surface area contributed by atoms with Gasteiger partial charge in [0.15, 0.2) is 0 Å². The number of rotatable bonds is 36. The molecule has 0 spiro atoms. The summed E-state index contributed by atoms with van der Waals surface area (Å²) in [6.45, 7) is 33.7. The molecule has 36 heteroatoms. The molecule has 2 atom stereocenters. The van der Waals surface area contributed by atoms with E-state index in [1.54, 1.807) is 36.4 Å². The van der Waals surface area contributed by atoms with Crippen LogP contribution in [-0.2, 0) is 39.7 Å². The van der Waals surface area contributed by atoms with Crippen molar-refractivity contribution in [3.05, 3.63) is 279 Å². The Hall–Kier alpha value is -16.2. The number of hydrogen-bond acceptors (Lipinski definition) is 28. The van der Waals surface area contributed by atoms with Gasteiger partial charge in [-0.3, -0.25) is 0 Å². The van der Waals surface area contributed by atoms with E-state index in [1.165, 1.54) is 123 Å². The molecule has 0 bridgehead atoms. The molecule has 0 aliphatic heterocycles. The molecule has 8 aromatic rings. The summed E-state index contributed by atoms with van der Waals surface area (Å²) in [6, 6.07) is 50.9. The molecule has 8 amide bonds. The zero-order valence-corrected chi connectivity index (χ0v) is 70.5. The van der Waals surface area contributed by atoms with Crippen molar-refractivity contribution in [2.24, 2.45) is 0 Å². The fourth-order valence-corrected chi connectivity index (χ4v) is 9.74. The lowest BCUT2D eigenvalue weighted by Crippen LogP contribution is -2.42. The number of carbonyl (C=O) groups excluding carboxylic acids is 12. The Bertz CT molecular complexity index is 5000. The summed E-state index contributed by atoms with van der Waals surface area (Å²) < 4.78 is 72.1. The summed E-state index contributed by atoms with van der Waals surface area (Å²) >= 11 is 0. The molecule has 0 aliphatic carbocycles. The van der Waals surface area contributed by atoms with Crippen LogP contribution in [0.5, 0.6) is 69.0 Å². The molecule has 0 fully saturated rings. The molecule has 0 aliphatic rings. The Labute approximate surface area is 745 Å². The number of hydrogen-bond donors (Lipinski definition) is 10. The molecule has 129 heavy (non-hydrogen) atoms. The highest BCUT2D eigenvalue weighted by Crippen LogP contribution is 2.30. The molecule has 0 heterocycles. The Morgan fingerprint density at radius 3 is 0.767 bits per heavy atom. The van der Waals surface area contributed by atoms with Crippen molar-refractivity contribution in [2.75, 3.05) is 46.4 Å². The van der Waals surface area contributed by atoms with E-state index >= 15 is 0 Å². The molecule has 36 nitrogen and oxygen atoms in total. The van der Waals surface area contributed by atoms with Gasteiger partial charge >= 0.3 is 72.6 Å². The zero-order valence-electron chi connectivity index (χ0n) is 70.5. The maximum atomic E-state index is 12.7. The normalized spacial score (nSPS) is 10.7. The highest BCUT2D eigenvalue weighted by molar-refractivity contribution is 5.88. The lowest BCUT2D eigenvalue weighted by atomic mass is 9.92. The second-order valence-electron chi connectivity index (χ2n) is 27.7. The van der Waals surface area contributed by atoms with Crippen molar-refractivity contribution in [3.8, 4) is 69.0 Å². The molecule has 10 N–H and O–H groups in total. The van der Waals surface area contributed by atoms with Gasteiger partial charge in [0.2, 0.25) is 0 Å². The molecule has 0 saturated carbocycles. The molecule has 8 rings (SSSR count). The van der Waals surface area contributed by atoms with Gasteiger partial charge in [-0.05, 0) is 163 Å². The van der Waals surface area contributed by atoms with Gasteiger partial charge in [0.05, 0.1) is 31.1 Å². The van der Waals surface area contributed by atoms with Crippen LogP contribution in [0.1, 0.15) is 92.5 Å². The van der Waals surface area contributed by atoms with Crippen LogP contribution in [0.15, 0.2) is 257 Å². The van der Waals surface area contributed by atoms with Crippen molar-refractivity contribution < 1.29 is 134 Å². The van der Waals surface area contributed by atoms with Gasteiger partial charge in [-0.2, -0.15) is 0 Å². The first kappa shape index (κ1) is 105. The number of allylic oxidation sites excluding steroid dienone is 2. The Morgan fingerprint density at radius 1 is 0.318 bits per heavy atom. The highest BCUT2D eigenvalue weighted by atomic mass is 16.6. The quantitative estimate of drug-likeness (QED) is 0.00754. The largest absolute Gasteiger partial charge is 0.491 e. The Kier molecular flexibility index (Phi) is 43.2. The maximum absolute atomic E-state index is 12.7. The van der Waals surface area contributed by atoms with Gasteiger partial charge in [-0.15, -0.1) is 0 Å². The van der Waals surface area contributed by atoms with Gasteiger partial charge in [0.25, 0.3) is 0 Å². The molecule has 0 radical (unpaired) electrons. The number of ether oxygens (including phenoxy) is 14. The predicted molar refractivity (Wildman–Crippen MR) is 475 cm³/mol. The maximum Gasteiger partial charge on any atom is 0.413 e. The van der Waals surface area contributed by atoms with Gasteiger partial charge in [0, 0.05) is 59.7 Å². The molecular weight excluding hydrogens is 1680 g/mol. The van der Waals surface area contributed by atoms with Crippen LogP contribution >= 0.6 is 0 Å². The summed E-state index contributed by atoms with van der Waals surface area (Å²) in [5, 5.41) is 39.4. The van der Waals surface area contributed by atoms with Crippen LogP contribution in [0.3, 0.4) is 0 Å². The molecule has 0 aromatic heterocycles. The van der Waals surface area contributed by atoms with Crippen LogP contribution in [0.25, 0.3) is 11.1 Å². The lowest BCUT2D eigenvalue weighted by molar-refractivity contribution is -0.143. The summed E-state index contributed by atoms with van der Waals surface area (Å²) in [7, 11) is 0. The van der Waals surface area contributed by atoms with Crippen LogP contribution in [0.4, 0.5) is 38.4 Å². The smallest absolute Gasteiger partial charge is 0.413 e. The fraction of sp³-hybridized carbons (Fsp3) is 0.226. The van der Waals surface area contributed by atoms with Crippen LogP contribution in [0, 0.1) is 0 Å². The van der Waals surface area contributed by atoms with Crippen molar-refractivity contribution in [2.45, 2.75) is 93.5 Å². The topological polar surface area (TPSA) is 471 Å². The van der Waals surface area contributed by atoms with Crippen LogP contribution < -0.4 is 99.4 Å². The standard InChI is InChI=1S/C41H44N4O8.C29H34N2O12.C21H18N2O8.2CH4/c1-26(2)28-13-9-15-30(21-28)40(5,6)44-38(48)52-34-19-11-17-32(23-34)50-36(46)42-25-43-37(47)51-33-18-12-20-35(24-33)53-39(49)45-41(7,8)31-16-10-14-29(22-31)27(3)4;1-18(2)26(34)40-15-20(32)13-38-22-7-5-9-24(11-22)42-28(36)30-17-31-29(37)43-25-10-6-8-23(12-25)39-14-21(33)16-41-27(35)19(3)4;1-3-18(24)28-14-7-5-9-16(11-14)30-20(26)22-13-23-21(27)31-17-10-6-8-15(12-17)29-19(25)4-2;;/h9-24H,1,3,25H2,2,4-8H3,(H,42,46)(H,43,47)(H,44,48)(H,45,49);5-12,20-21,32-33H,1,3,13-17H2,2,4H3,(H,30,36)(H,31,37);3-12H,1-2,13H2,(H,22,26)(H,23,27);2*1H4. The SMILES string of the molecule is C.C.C=C(C)C(=O)OCC(O)COc1cccc(OC(=O)NCNC(=O)Oc2cccc(OCC(O)COC(=O)C(=C)C)c2)c1.C=C(C)c1cccc(C(C)(C)NC(=O)Oc2cccc(OC(=O)NCNC(=O)Oc3cccc(OC(=O)NC(C)(C)c4cccc(C(=C)C)c4)c3)c2)c1.C=CC(=O)Oc1cccc(OC(=O)NCNC(=O)Oc2cccc(OC(=O)C=C)c2)c1. The average Bonchev–Trinajstić information content (AvgIpc) is 0.824. The van der Waals surface area contributed by atoms with Crippen molar-refractivity contribution in [1.82, 2.24) is 42.5 Å². The first-order chi connectivity index (χ1) is 60.3. The monoisotopic (exact) mass is 1780 g/mol. The van der Waals surface area contributed by atoms with Gasteiger partial charge in [-0.25, -0.2) is 57.5 Å². The molecule has 0 saturated heterocycles. The molecular formula is C93H104N8O28. The van der Waals surface area contributed by atoms with E-state index in [-0.39, 0.29) is 141 Å². The van der Waals surface area contributed by atoms with E-state index in [0.717, 1.165) is 45.6 Å². The number of benzene rings is 8. The third kappa shape index (κ3) is 39.9. The lowest BCUT2D eigenvalue weighted by Gasteiger charge is -2.27. The first-order valence-corrected chi connectivity index (χ1v) is 38.2. The second kappa shape index (κ2) is 53.1. The fourth-order valence-electron chi connectivity index (χ4n) is 9.74. The van der Waals surface area contributed by atoms with E-state index in [0.29, 0.717) is 0 Å². The van der Waals surface area contributed by atoms with Crippen molar-refractivity contribution in [3.63, 3.8) is 0 Å².